The van der Waals surface area contributed by atoms with Gasteiger partial charge in [0.2, 0.25) is 12.3 Å². The van der Waals surface area contributed by atoms with E-state index in [-0.39, 0.29) is 46.9 Å². The number of nitrogens with two attached hydrogens (primary N) is 4. The molecule has 0 aromatic heterocycles. The molecule has 1 fully saturated rings. The van der Waals surface area contributed by atoms with Gasteiger partial charge in [0.1, 0.15) is 17.6 Å². The lowest BCUT2D eigenvalue weighted by molar-refractivity contribution is -0.116. The monoisotopic (exact) mass is 790 g/mol. The molecule has 18 heteroatoms. The highest BCUT2D eigenvalue weighted by molar-refractivity contribution is 5.94. The number of aliphatic hydroxyl groups excluding tert-OH is 1. The normalized spacial score (nSPS) is 14.8. The number of carbonyl (C=O) groups is 1. The third kappa shape index (κ3) is 13.6. The minimum Gasteiger partial charge on any atom is -0.485 e. The van der Waals surface area contributed by atoms with Crippen LogP contribution >= 0.6 is 0 Å². The number of unbranched alkanes of at least 4 members (excludes halogenated alkanes) is 1. The molecule has 0 aliphatic carbocycles. The van der Waals surface area contributed by atoms with Crippen LogP contribution in [0.25, 0.3) is 0 Å². The summed E-state index contributed by atoms with van der Waals surface area (Å²) in [5.41, 5.74) is 22.9. The lowest BCUT2D eigenvalue weighted by Crippen LogP contribution is -2.29. The highest BCUT2D eigenvalue weighted by Gasteiger charge is 2.30. The van der Waals surface area contributed by atoms with Crippen LogP contribution in [-0.4, -0.2) is 68.7 Å². The van der Waals surface area contributed by atoms with Crippen LogP contribution in [0.2, 0.25) is 0 Å². The number of hydrogen-bond donors (Lipinski definition) is 10. The first-order valence-electron chi connectivity index (χ1n) is 18.5. The van der Waals surface area contributed by atoms with Gasteiger partial charge in [0.15, 0.2) is 11.7 Å². The molecule has 14 N–H and O–H groups in total. The van der Waals surface area contributed by atoms with Crippen LogP contribution < -0.4 is 59.0 Å². The maximum Gasteiger partial charge on any atom is 0.270 e. The molecule has 56 heavy (non-hydrogen) atoms. The maximum atomic E-state index is 14.9. The predicted octanol–water partition coefficient (Wildman–Crippen LogP) is 4.89. The highest BCUT2D eigenvalue weighted by Crippen LogP contribution is 2.42. The first-order chi connectivity index (χ1) is 26.5. The fourth-order valence-electron chi connectivity index (χ4n) is 5.88. The second-order valence-electron chi connectivity index (χ2n) is 13.7. The Balaban J connectivity index is 1.61. The van der Waals surface area contributed by atoms with Crippen molar-refractivity contribution in [2.24, 2.45) is 27.9 Å². The number of benzene rings is 3. The molecule has 0 spiro atoms. The minimum atomic E-state index is -3.32. The zero-order valence-electron chi connectivity index (χ0n) is 31.7. The minimum absolute atomic E-state index is 0.00829. The van der Waals surface area contributed by atoms with Crippen molar-refractivity contribution in [1.82, 2.24) is 5.32 Å². The van der Waals surface area contributed by atoms with Crippen molar-refractivity contribution < 1.29 is 36.9 Å². The van der Waals surface area contributed by atoms with E-state index in [1.165, 1.54) is 18.2 Å². The number of nitrogens with one attached hydrogen (secondary N) is 5. The Hall–Kier alpha value is -5.04. The summed E-state index contributed by atoms with van der Waals surface area (Å²) in [4.78, 5) is 16.9. The molecule has 1 aliphatic heterocycles. The predicted molar refractivity (Wildman–Crippen MR) is 212 cm³/mol. The first kappa shape index (κ1) is 43.7. The standard InChI is InChI=1S/C38H54F4N10O4/c1-37(39,40)24-17-27(48-15-12-44)21-29(18-24)55-32-9-8-26(16-23(32)6-5-11-43)50-36(54)52-31-20-25(38(2,41)42)19-30(34(31)56-28-10-14-47-22-28)51-33(53)7-3-4-13-49-35(45)46/h8-9,16-21,28,36,47-48,50,52,54H,3-7,10-15,22,43-44H2,1-2H3,(H,51,53)(H4,45,46,49). The third-order valence-electron chi connectivity index (χ3n) is 8.70. The van der Waals surface area contributed by atoms with Crippen LogP contribution in [0.4, 0.5) is 40.3 Å². The molecule has 4 rings (SSSR count). The zero-order chi connectivity index (χ0) is 40.9. The van der Waals surface area contributed by atoms with Gasteiger partial charge in [-0.25, -0.2) is 17.6 Å². The molecule has 3 aromatic rings. The van der Waals surface area contributed by atoms with Crippen molar-refractivity contribution >= 4 is 34.6 Å². The number of aliphatic imine (C=N–C) groups is 1. The van der Waals surface area contributed by atoms with Crippen molar-refractivity contribution in [3.8, 4) is 17.2 Å². The number of halogens is 4. The second kappa shape index (κ2) is 20.2. The SMILES string of the molecule is CC(F)(F)c1cc(NCCN)cc(Oc2ccc(NC(O)Nc3cc(C(C)(F)F)cc(NC(=O)CCCCN=C(N)N)c3OC3CCNC3)cc2CCCN)c1. The molecule has 0 saturated carbocycles. The summed E-state index contributed by atoms with van der Waals surface area (Å²) in [6, 6.07) is 11.5. The summed E-state index contributed by atoms with van der Waals surface area (Å²) >= 11 is 0. The lowest BCUT2D eigenvalue weighted by atomic mass is 10.1. The van der Waals surface area contributed by atoms with Gasteiger partial charge in [0, 0.05) is 75.0 Å². The average molecular weight is 791 g/mol. The molecular formula is C38H54F4N10O4. The highest BCUT2D eigenvalue weighted by atomic mass is 19.3. The van der Waals surface area contributed by atoms with E-state index >= 15 is 0 Å². The van der Waals surface area contributed by atoms with Crippen LogP contribution in [0.3, 0.4) is 0 Å². The second-order valence-corrected chi connectivity index (χ2v) is 13.7. The third-order valence-corrected chi connectivity index (χ3v) is 8.70. The van der Waals surface area contributed by atoms with E-state index in [2.05, 4.69) is 31.6 Å². The quantitative estimate of drug-likeness (QED) is 0.0216. The van der Waals surface area contributed by atoms with Gasteiger partial charge in [0.05, 0.1) is 11.4 Å². The largest absolute Gasteiger partial charge is 0.485 e. The maximum absolute atomic E-state index is 14.9. The number of nitrogens with zero attached hydrogens (tertiary/aromatic N) is 1. The van der Waals surface area contributed by atoms with Crippen LogP contribution in [0.15, 0.2) is 53.5 Å². The zero-order valence-corrected chi connectivity index (χ0v) is 31.7. The fraction of sp³-hybridized carbons (Fsp3) is 0.474. The molecule has 2 atom stereocenters. The molecule has 0 radical (unpaired) electrons. The first-order valence-corrected chi connectivity index (χ1v) is 18.5. The molecule has 1 saturated heterocycles. The summed E-state index contributed by atoms with van der Waals surface area (Å²) in [7, 11) is 0. The number of amides is 1. The summed E-state index contributed by atoms with van der Waals surface area (Å²) in [5.74, 6) is -6.31. The smallest absolute Gasteiger partial charge is 0.270 e. The lowest BCUT2D eigenvalue weighted by Gasteiger charge is -2.25. The Kier molecular flexibility index (Phi) is 15.8. The number of rotatable bonds is 22. The van der Waals surface area contributed by atoms with Gasteiger partial charge in [-0.1, -0.05) is 0 Å². The molecule has 308 valence electrons. The Bertz CT molecular complexity index is 1780. The topological polar surface area (TPSA) is 232 Å². The van der Waals surface area contributed by atoms with E-state index in [0.717, 1.165) is 19.9 Å². The average Bonchev–Trinajstić information content (AvgIpc) is 3.64. The van der Waals surface area contributed by atoms with Crippen molar-refractivity contribution in [2.75, 3.05) is 60.5 Å². The van der Waals surface area contributed by atoms with Crippen LogP contribution in [-0.2, 0) is 23.1 Å². The molecule has 1 heterocycles. The Morgan fingerprint density at radius 3 is 2.34 bits per heavy atom. The van der Waals surface area contributed by atoms with E-state index in [1.54, 1.807) is 24.3 Å². The van der Waals surface area contributed by atoms with E-state index in [1.807, 2.05) is 0 Å². The Morgan fingerprint density at radius 2 is 1.68 bits per heavy atom. The van der Waals surface area contributed by atoms with Gasteiger partial charge in [-0.15, -0.1) is 0 Å². The van der Waals surface area contributed by atoms with Crippen molar-refractivity contribution in [1.29, 1.82) is 0 Å². The van der Waals surface area contributed by atoms with E-state index in [4.69, 9.17) is 32.4 Å². The fourth-order valence-corrected chi connectivity index (χ4v) is 5.88. The van der Waals surface area contributed by atoms with Crippen LogP contribution in [0.5, 0.6) is 17.2 Å². The summed E-state index contributed by atoms with van der Waals surface area (Å²) < 4.78 is 70.9. The van der Waals surface area contributed by atoms with Crippen LogP contribution in [0, 0.1) is 0 Å². The molecular weight excluding hydrogens is 736 g/mol. The summed E-state index contributed by atoms with van der Waals surface area (Å²) in [6.45, 7) is 4.05. The van der Waals surface area contributed by atoms with Gasteiger partial charge in [0.25, 0.3) is 11.8 Å². The number of aryl methyl sites for hydroxylation is 1. The number of anilines is 4. The molecule has 2 unspecified atom stereocenters. The summed E-state index contributed by atoms with van der Waals surface area (Å²) in [5, 5.41) is 25.9. The Morgan fingerprint density at radius 1 is 0.946 bits per heavy atom. The number of carbonyl (C=O) groups excluding carboxylic acids is 1. The summed E-state index contributed by atoms with van der Waals surface area (Å²) in [6.07, 6.45) is 0.793. The van der Waals surface area contributed by atoms with Crippen molar-refractivity contribution in [2.45, 2.75) is 76.7 Å². The Labute approximate surface area is 324 Å². The van der Waals surface area contributed by atoms with E-state index < -0.39 is 29.7 Å². The van der Waals surface area contributed by atoms with Gasteiger partial charge >= 0.3 is 0 Å². The van der Waals surface area contributed by atoms with Crippen molar-refractivity contribution in [3.63, 3.8) is 0 Å². The van der Waals surface area contributed by atoms with E-state index in [0.29, 0.717) is 94.1 Å². The number of alkyl halides is 4. The van der Waals surface area contributed by atoms with Crippen LogP contribution in [0.1, 0.15) is 62.6 Å². The number of aliphatic hydroxyl groups is 1. The number of ether oxygens (including phenoxy) is 2. The molecule has 3 aromatic carbocycles. The van der Waals surface area contributed by atoms with Gasteiger partial charge in [-0.3, -0.25) is 9.79 Å². The number of guanidine groups is 1. The number of hydrogen-bond acceptors (Lipinski definition) is 11. The molecule has 0 bridgehead atoms. The van der Waals surface area contributed by atoms with Gasteiger partial charge in [-0.05, 0) is 93.2 Å². The van der Waals surface area contributed by atoms with E-state index in [9.17, 15) is 27.5 Å². The van der Waals surface area contributed by atoms with Crippen molar-refractivity contribution in [3.05, 3.63) is 65.2 Å². The van der Waals surface area contributed by atoms with Gasteiger partial charge in [-0.2, -0.15) is 0 Å². The van der Waals surface area contributed by atoms with Gasteiger partial charge < -0.3 is 64.1 Å². The molecule has 1 amide bonds. The molecule has 14 nitrogen and oxygen atoms in total. The molecule has 1 aliphatic rings.